The van der Waals surface area contributed by atoms with E-state index in [0.29, 0.717) is 6.42 Å². The van der Waals surface area contributed by atoms with E-state index in [2.05, 4.69) is 4.98 Å². The number of hydrogen-bond acceptors (Lipinski definition) is 7. The second-order valence-electron chi connectivity index (χ2n) is 4.75. The van der Waals surface area contributed by atoms with Crippen LogP contribution in [-0.4, -0.2) is 42.7 Å². The standard InChI is InChI=1S/C13H13NO4S3/c15-12(18-9-5-6-21(16,17)8-9)7-19-13-14-10-3-1-2-4-11(10)20-13/h1-4,9H,5-8H2/t9-/m0/s1. The van der Waals surface area contributed by atoms with Crippen LogP contribution in [0.1, 0.15) is 6.42 Å². The molecule has 1 aliphatic rings. The number of carbonyl (C=O) groups excluding carboxylic acids is 1. The lowest BCUT2D eigenvalue weighted by molar-refractivity contribution is -0.144. The second kappa shape index (κ2) is 5.94. The van der Waals surface area contributed by atoms with Crippen molar-refractivity contribution in [1.82, 2.24) is 4.98 Å². The molecule has 112 valence electrons. The largest absolute Gasteiger partial charge is 0.461 e. The van der Waals surface area contributed by atoms with Crippen LogP contribution in [0.5, 0.6) is 0 Å². The third-order valence-corrected chi connectivity index (χ3v) is 6.97. The number of benzene rings is 1. The van der Waals surface area contributed by atoms with Gasteiger partial charge in [0.2, 0.25) is 0 Å². The zero-order chi connectivity index (χ0) is 14.9. The van der Waals surface area contributed by atoms with E-state index < -0.39 is 15.9 Å². The summed E-state index contributed by atoms with van der Waals surface area (Å²) in [6.07, 6.45) is -0.0849. The van der Waals surface area contributed by atoms with Crippen LogP contribution < -0.4 is 0 Å². The summed E-state index contributed by atoms with van der Waals surface area (Å²) in [5, 5.41) is 0. The normalized spacial score (nSPS) is 20.7. The molecule has 3 rings (SSSR count). The average Bonchev–Trinajstić information content (AvgIpc) is 2.99. The summed E-state index contributed by atoms with van der Waals surface area (Å²) in [4.78, 5) is 16.2. The Morgan fingerprint density at radius 1 is 1.43 bits per heavy atom. The first-order valence-corrected chi connectivity index (χ1v) is 10.0. The Balaban J connectivity index is 1.54. The molecule has 5 nitrogen and oxygen atoms in total. The topological polar surface area (TPSA) is 73.3 Å². The van der Waals surface area contributed by atoms with Crippen molar-refractivity contribution in [2.45, 2.75) is 16.9 Å². The summed E-state index contributed by atoms with van der Waals surface area (Å²) in [6, 6.07) is 7.78. The lowest BCUT2D eigenvalue weighted by atomic mass is 10.3. The molecule has 1 aromatic carbocycles. The fraction of sp³-hybridized carbons (Fsp3) is 0.385. The van der Waals surface area contributed by atoms with Gasteiger partial charge in [0.1, 0.15) is 6.10 Å². The minimum Gasteiger partial charge on any atom is -0.461 e. The molecule has 0 unspecified atom stereocenters. The maximum absolute atomic E-state index is 11.7. The summed E-state index contributed by atoms with van der Waals surface area (Å²) in [7, 11) is -3.02. The van der Waals surface area contributed by atoms with Crippen molar-refractivity contribution >= 4 is 49.1 Å². The van der Waals surface area contributed by atoms with Gasteiger partial charge in [-0.15, -0.1) is 11.3 Å². The minimum atomic E-state index is -3.02. The van der Waals surface area contributed by atoms with Crippen LogP contribution in [0.2, 0.25) is 0 Å². The first-order chi connectivity index (χ1) is 10.0. The number of aromatic nitrogens is 1. The molecule has 0 bridgehead atoms. The lowest BCUT2D eigenvalue weighted by Crippen LogP contribution is -2.20. The molecule has 1 fully saturated rings. The molecular formula is C13H13NO4S3. The fourth-order valence-corrected chi connectivity index (χ4v) is 5.55. The highest BCUT2D eigenvalue weighted by atomic mass is 32.2. The van der Waals surface area contributed by atoms with Gasteiger partial charge in [-0.25, -0.2) is 13.4 Å². The number of thiazole rings is 1. The van der Waals surface area contributed by atoms with Crippen LogP contribution >= 0.6 is 23.1 Å². The fourth-order valence-electron chi connectivity index (χ4n) is 2.11. The van der Waals surface area contributed by atoms with Gasteiger partial charge in [-0.3, -0.25) is 4.79 Å². The molecule has 0 radical (unpaired) electrons. The minimum absolute atomic E-state index is 0.0510. The quantitative estimate of drug-likeness (QED) is 0.625. The smallest absolute Gasteiger partial charge is 0.316 e. The highest BCUT2D eigenvalue weighted by molar-refractivity contribution is 8.01. The van der Waals surface area contributed by atoms with E-state index in [-0.39, 0.29) is 23.2 Å². The Morgan fingerprint density at radius 2 is 2.24 bits per heavy atom. The predicted molar refractivity (Wildman–Crippen MR) is 83.5 cm³/mol. The van der Waals surface area contributed by atoms with Crippen LogP contribution in [0.4, 0.5) is 0 Å². The van der Waals surface area contributed by atoms with Crippen LogP contribution in [0.25, 0.3) is 10.2 Å². The SMILES string of the molecule is O=C(CSc1nc2ccccc2s1)O[C@H]1CCS(=O)(=O)C1. The molecule has 2 heterocycles. The van der Waals surface area contributed by atoms with Crippen LogP contribution in [0.3, 0.4) is 0 Å². The van der Waals surface area contributed by atoms with Crippen molar-refractivity contribution in [3.63, 3.8) is 0 Å². The molecule has 1 aliphatic heterocycles. The summed E-state index contributed by atoms with van der Waals surface area (Å²) < 4.78 is 29.7. The number of para-hydroxylation sites is 1. The third kappa shape index (κ3) is 3.75. The van der Waals surface area contributed by atoms with Crippen LogP contribution in [0, 0.1) is 0 Å². The Morgan fingerprint density at radius 3 is 2.95 bits per heavy atom. The molecule has 1 aromatic heterocycles. The number of thioether (sulfide) groups is 1. The van der Waals surface area contributed by atoms with E-state index in [1.165, 1.54) is 23.1 Å². The highest BCUT2D eigenvalue weighted by Crippen LogP contribution is 2.29. The number of hydrogen-bond donors (Lipinski definition) is 0. The number of esters is 1. The highest BCUT2D eigenvalue weighted by Gasteiger charge is 2.30. The Hall–Kier alpha value is -1.12. The molecule has 0 spiro atoms. The maximum Gasteiger partial charge on any atom is 0.316 e. The predicted octanol–water partition coefficient (Wildman–Crippen LogP) is 2.12. The number of rotatable bonds is 4. The van der Waals surface area contributed by atoms with E-state index in [0.717, 1.165) is 14.6 Å². The molecule has 2 aromatic rings. The van der Waals surface area contributed by atoms with E-state index in [4.69, 9.17) is 4.74 Å². The molecule has 8 heteroatoms. The molecule has 1 atom stereocenters. The third-order valence-electron chi connectivity index (χ3n) is 3.08. The second-order valence-corrected chi connectivity index (χ2v) is 9.23. The van der Waals surface area contributed by atoms with E-state index in [1.54, 1.807) is 0 Å². The Kier molecular flexibility index (Phi) is 4.19. The van der Waals surface area contributed by atoms with Gasteiger partial charge in [-0.05, 0) is 18.6 Å². The summed E-state index contributed by atoms with van der Waals surface area (Å²) in [5.41, 5.74) is 0.917. The first-order valence-electron chi connectivity index (χ1n) is 6.40. The number of nitrogens with zero attached hydrogens (tertiary/aromatic N) is 1. The molecule has 1 saturated heterocycles. The number of sulfone groups is 1. The van der Waals surface area contributed by atoms with Crippen molar-refractivity contribution < 1.29 is 17.9 Å². The molecule has 0 N–H and O–H groups in total. The monoisotopic (exact) mass is 343 g/mol. The molecule has 0 saturated carbocycles. The van der Waals surface area contributed by atoms with Crippen LogP contribution in [0.15, 0.2) is 28.6 Å². The first kappa shape index (κ1) is 14.8. The van der Waals surface area contributed by atoms with E-state index in [1.807, 2.05) is 24.3 Å². The molecule has 0 aliphatic carbocycles. The average molecular weight is 343 g/mol. The summed E-state index contributed by atoms with van der Waals surface area (Å²) in [6.45, 7) is 0. The zero-order valence-electron chi connectivity index (χ0n) is 11.0. The van der Waals surface area contributed by atoms with Crippen molar-refractivity contribution in [2.24, 2.45) is 0 Å². The number of fused-ring (bicyclic) bond motifs is 1. The van der Waals surface area contributed by atoms with Gasteiger partial charge < -0.3 is 4.74 Å². The van der Waals surface area contributed by atoms with Crippen molar-refractivity contribution in [1.29, 1.82) is 0 Å². The van der Waals surface area contributed by atoms with E-state index in [9.17, 15) is 13.2 Å². The Labute approximate surface area is 130 Å². The van der Waals surface area contributed by atoms with Crippen molar-refractivity contribution in [3.05, 3.63) is 24.3 Å². The maximum atomic E-state index is 11.7. The summed E-state index contributed by atoms with van der Waals surface area (Å²) >= 11 is 2.85. The van der Waals surface area contributed by atoms with Gasteiger partial charge in [0, 0.05) is 0 Å². The van der Waals surface area contributed by atoms with Gasteiger partial charge >= 0.3 is 5.97 Å². The van der Waals surface area contributed by atoms with Gasteiger partial charge in [0.15, 0.2) is 14.2 Å². The van der Waals surface area contributed by atoms with Gasteiger partial charge in [0.05, 0.1) is 27.5 Å². The summed E-state index contributed by atoms with van der Waals surface area (Å²) in [5.74, 6) is -0.182. The van der Waals surface area contributed by atoms with Crippen molar-refractivity contribution in [3.8, 4) is 0 Å². The number of carbonyl (C=O) groups is 1. The molecule has 21 heavy (non-hydrogen) atoms. The number of ether oxygens (including phenoxy) is 1. The molecule has 0 amide bonds. The van der Waals surface area contributed by atoms with Gasteiger partial charge in [-0.1, -0.05) is 23.9 Å². The van der Waals surface area contributed by atoms with Crippen molar-refractivity contribution in [2.75, 3.05) is 17.3 Å². The molecular weight excluding hydrogens is 330 g/mol. The van der Waals surface area contributed by atoms with Gasteiger partial charge in [-0.2, -0.15) is 0 Å². The van der Waals surface area contributed by atoms with E-state index >= 15 is 0 Å². The van der Waals surface area contributed by atoms with Gasteiger partial charge in [0.25, 0.3) is 0 Å². The zero-order valence-corrected chi connectivity index (χ0v) is 13.5. The lowest BCUT2D eigenvalue weighted by Gasteiger charge is -2.09. The van der Waals surface area contributed by atoms with Crippen LogP contribution in [-0.2, 0) is 19.4 Å². The Bertz CT molecular complexity index is 736.